The molecule has 1 aliphatic heterocycles. The fraction of sp³-hybridized carbons (Fsp3) is 0.526. The minimum absolute atomic E-state index is 0.424. The van der Waals surface area contributed by atoms with Gasteiger partial charge in [0.1, 0.15) is 11.6 Å². The van der Waals surface area contributed by atoms with Crippen molar-refractivity contribution in [1.29, 1.82) is 0 Å². The van der Waals surface area contributed by atoms with E-state index in [2.05, 4.69) is 45.0 Å². The Morgan fingerprint density at radius 1 is 1.29 bits per heavy atom. The van der Waals surface area contributed by atoms with Gasteiger partial charge in [-0.2, -0.15) is 0 Å². The number of ether oxygens (including phenoxy) is 1. The van der Waals surface area contributed by atoms with Gasteiger partial charge in [0.25, 0.3) is 0 Å². The summed E-state index contributed by atoms with van der Waals surface area (Å²) in [5.41, 5.74) is 1.36. The molecular weight excluding hydrogens is 300 g/mol. The number of imidazole rings is 1. The van der Waals surface area contributed by atoms with E-state index in [0.717, 1.165) is 24.2 Å². The van der Waals surface area contributed by atoms with Crippen LogP contribution < -0.4 is 10.1 Å². The highest BCUT2D eigenvalue weighted by molar-refractivity contribution is 5.32. The molecule has 2 aromatic rings. The number of benzene rings is 1. The summed E-state index contributed by atoms with van der Waals surface area (Å²) in [6.07, 6.45) is 7.73. The highest BCUT2D eigenvalue weighted by atomic mass is 16.5. The molecule has 1 N–H and O–H groups in total. The van der Waals surface area contributed by atoms with Crippen LogP contribution in [-0.4, -0.2) is 40.2 Å². The molecule has 1 aromatic heterocycles. The van der Waals surface area contributed by atoms with Crippen molar-refractivity contribution in [2.45, 2.75) is 43.9 Å². The van der Waals surface area contributed by atoms with E-state index >= 15 is 0 Å². The van der Waals surface area contributed by atoms with Crippen LogP contribution in [0.25, 0.3) is 0 Å². The van der Waals surface area contributed by atoms with Crippen LogP contribution in [0.4, 0.5) is 0 Å². The Labute approximate surface area is 143 Å². The van der Waals surface area contributed by atoms with Crippen molar-refractivity contribution in [1.82, 2.24) is 19.8 Å². The molecule has 0 spiro atoms. The number of hydrogen-bond acceptors (Lipinski definition) is 4. The summed E-state index contributed by atoms with van der Waals surface area (Å²) in [6.45, 7) is 1.98. The van der Waals surface area contributed by atoms with E-state index in [0.29, 0.717) is 12.1 Å². The fourth-order valence-corrected chi connectivity index (χ4v) is 3.88. The normalized spacial score (nSPS) is 24.4. The molecule has 0 radical (unpaired) electrons. The first-order valence-corrected chi connectivity index (χ1v) is 8.85. The van der Waals surface area contributed by atoms with Crippen molar-refractivity contribution in [3.63, 3.8) is 0 Å². The Balaban J connectivity index is 1.54. The molecule has 4 rings (SSSR count). The Bertz CT molecular complexity index is 694. The van der Waals surface area contributed by atoms with Crippen molar-refractivity contribution in [2.24, 2.45) is 7.05 Å². The summed E-state index contributed by atoms with van der Waals surface area (Å²) in [5, 5.41) is 3.76. The van der Waals surface area contributed by atoms with Gasteiger partial charge in [0.2, 0.25) is 0 Å². The van der Waals surface area contributed by atoms with Crippen molar-refractivity contribution in [2.75, 3.05) is 13.7 Å². The summed E-state index contributed by atoms with van der Waals surface area (Å²) in [7, 11) is 3.79. The number of methoxy groups -OCH3 is 1. The number of likely N-dealkylation sites (tertiary alicyclic amines) is 1. The number of rotatable bonds is 6. The molecule has 0 bridgehead atoms. The van der Waals surface area contributed by atoms with E-state index in [1.807, 2.05) is 18.5 Å². The first-order valence-electron chi connectivity index (χ1n) is 8.85. The minimum Gasteiger partial charge on any atom is -0.497 e. The zero-order valence-electron chi connectivity index (χ0n) is 14.5. The van der Waals surface area contributed by atoms with E-state index in [1.54, 1.807) is 7.11 Å². The second kappa shape index (κ2) is 6.57. The molecule has 128 valence electrons. The summed E-state index contributed by atoms with van der Waals surface area (Å²) in [6, 6.07) is 10.2. The Hall–Kier alpha value is -1.85. The van der Waals surface area contributed by atoms with Gasteiger partial charge in [-0.25, -0.2) is 4.98 Å². The topological polar surface area (TPSA) is 42.3 Å². The second-order valence-electron chi connectivity index (χ2n) is 6.92. The standard InChI is InChI=1S/C19H26N4O/c1-22-11-9-20-18(22)13-21-17-8-10-23(15-6-7-15)19(17)14-4-3-5-16(12-14)24-2/h3-5,9,11-12,15,17,19,21H,6-8,10,13H2,1-2H3/t17-,19-/m0/s1. The lowest BCUT2D eigenvalue weighted by atomic mass is 9.99. The third-order valence-electron chi connectivity index (χ3n) is 5.33. The number of nitrogens with zero attached hydrogens (tertiary/aromatic N) is 3. The van der Waals surface area contributed by atoms with Gasteiger partial charge in [-0.3, -0.25) is 4.90 Å². The van der Waals surface area contributed by atoms with Crippen molar-refractivity contribution in [3.05, 3.63) is 48.0 Å². The highest BCUT2D eigenvalue weighted by Crippen LogP contribution is 2.41. The quantitative estimate of drug-likeness (QED) is 0.886. The number of hydrogen-bond donors (Lipinski definition) is 1. The number of aromatic nitrogens is 2. The molecule has 0 amide bonds. The van der Waals surface area contributed by atoms with Gasteiger partial charge >= 0.3 is 0 Å². The first kappa shape index (κ1) is 15.7. The predicted molar refractivity (Wildman–Crippen MR) is 93.9 cm³/mol. The molecule has 5 heteroatoms. The van der Waals surface area contributed by atoms with Crippen LogP contribution >= 0.6 is 0 Å². The van der Waals surface area contributed by atoms with E-state index in [4.69, 9.17) is 4.74 Å². The van der Waals surface area contributed by atoms with Gasteiger partial charge in [0.05, 0.1) is 19.7 Å². The molecule has 1 aliphatic carbocycles. The highest BCUT2D eigenvalue weighted by Gasteiger charge is 2.42. The fourth-order valence-electron chi connectivity index (χ4n) is 3.88. The van der Waals surface area contributed by atoms with E-state index in [9.17, 15) is 0 Å². The Morgan fingerprint density at radius 2 is 2.17 bits per heavy atom. The summed E-state index contributed by atoms with van der Waals surface area (Å²) >= 11 is 0. The molecule has 2 heterocycles. The van der Waals surface area contributed by atoms with Crippen molar-refractivity contribution in [3.8, 4) is 5.75 Å². The molecule has 0 unspecified atom stereocenters. The average molecular weight is 326 g/mol. The van der Waals surface area contributed by atoms with Gasteiger partial charge in [-0.05, 0) is 37.0 Å². The summed E-state index contributed by atoms with van der Waals surface area (Å²) in [4.78, 5) is 7.12. The van der Waals surface area contributed by atoms with Gasteiger partial charge in [0, 0.05) is 38.1 Å². The smallest absolute Gasteiger partial charge is 0.122 e. The van der Waals surface area contributed by atoms with Crippen LogP contribution in [0.1, 0.15) is 36.7 Å². The molecule has 2 aliphatic rings. The van der Waals surface area contributed by atoms with Crippen LogP contribution in [0, 0.1) is 0 Å². The lowest BCUT2D eigenvalue weighted by Crippen LogP contribution is -2.37. The van der Waals surface area contributed by atoms with Crippen LogP contribution in [0.15, 0.2) is 36.7 Å². The molecule has 2 atom stereocenters. The molecule has 1 saturated heterocycles. The predicted octanol–water partition coefficient (Wildman–Crippen LogP) is 2.50. The van der Waals surface area contributed by atoms with Crippen LogP contribution in [-0.2, 0) is 13.6 Å². The van der Waals surface area contributed by atoms with E-state index in [1.165, 1.54) is 31.4 Å². The minimum atomic E-state index is 0.424. The van der Waals surface area contributed by atoms with Crippen LogP contribution in [0.3, 0.4) is 0 Å². The van der Waals surface area contributed by atoms with Crippen LogP contribution in [0.2, 0.25) is 0 Å². The lowest BCUT2D eigenvalue weighted by Gasteiger charge is -2.29. The SMILES string of the molecule is COc1cccc([C@H]2[C@@H](NCc3nccn3C)CCN2C2CC2)c1. The van der Waals surface area contributed by atoms with Gasteiger partial charge < -0.3 is 14.6 Å². The summed E-state index contributed by atoms with van der Waals surface area (Å²) in [5.74, 6) is 2.03. The monoisotopic (exact) mass is 326 g/mol. The average Bonchev–Trinajstić information content (AvgIpc) is 3.24. The van der Waals surface area contributed by atoms with E-state index in [-0.39, 0.29) is 0 Å². The summed E-state index contributed by atoms with van der Waals surface area (Å²) < 4.78 is 7.53. The lowest BCUT2D eigenvalue weighted by molar-refractivity contribution is 0.225. The molecule has 2 fully saturated rings. The maximum absolute atomic E-state index is 5.44. The van der Waals surface area contributed by atoms with Gasteiger partial charge in [-0.1, -0.05) is 12.1 Å². The van der Waals surface area contributed by atoms with Gasteiger partial charge in [0.15, 0.2) is 0 Å². The molecule has 24 heavy (non-hydrogen) atoms. The zero-order valence-corrected chi connectivity index (χ0v) is 14.5. The molecule has 1 saturated carbocycles. The number of nitrogens with one attached hydrogen (secondary N) is 1. The number of aryl methyl sites for hydroxylation is 1. The third kappa shape index (κ3) is 3.06. The van der Waals surface area contributed by atoms with Crippen molar-refractivity contribution < 1.29 is 4.74 Å². The Morgan fingerprint density at radius 3 is 2.88 bits per heavy atom. The second-order valence-corrected chi connectivity index (χ2v) is 6.92. The largest absolute Gasteiger partial charge is 0.497 e. The molecular formula is C19H26N4O. The zero-order chi connectivity index (χ0) is 16.5. The molecule has 1 aromatic carbocycles. The maximum Gasteiger partial charge on any atom is 0.122 e. The first-order chi connectivity index (χ1) is 11.8. The van der Waals surface area contributed by atoms with Gasteiger partial charge in [-0.15, -0.1) is 0 Å². The van der Waals surface area contributed by atoms with E-state index < -0.39 is 0 Å². The van der Waals surface area contributed by atoms with Crippen molar-refractivity contribution >= 4 is 0 Å². The van der Waals surface area contributed by atoms with Crippen LogP contribution in [0.5, 0.6) is 5.75 Å². The molecule has 5 nitrogen and oxygen atoms in total. The third-order valence-corrected chi connectivity index (χ3v) is 5.33. The Kier molecular flexibility index (Phi) is 4.29. The maximum atomic E-state index is 5.44.